The van der Waals surface area contributed by atoms with Crippen molar-refractivity contribution in [3.8, 4) is 11.4 Å². The second kappa shape index (κ2) is 6.64. The van der Waals surface area contributed by atoms with E-state index in [0.29, 0.717) is 5.15 Å². The first-order valence-corrected chi connectivity index (χ1v) is 10.5. The topological polar surface area (TPSA) is 25.8 Å². The fourth-order valence-corrected chi connectivity index (χ4v) is 5.61. The summed E-state index contributed by atoms with van der Waals surface area (Å²) in [5.74, 6) is 0.730. The highest BCUT2D eigenvalue weighted by molar-refractivity contribution is 7.19. The van der Waals surface area contributed by atoms with Crippen LogP contribution >= 0.6 is 22.9 Å². The van der Waals surface area contributed by atoms with Gasteiger partial charge >= 0.3 is 0 Å². The maximum absolute atomic E-state index is 6.69. The van der Waals surface area contributed by atoms with Crippen LogP contribution in [0.1, 0.15) is 36.1 Å². The average molecular weight is 379 g/mol. The van der Waals surface area contributed by atoms with Gasteiger partial charge in [0.15, 0.2) is 5.82 Å². The molecule has 0 bridgehead atoms. The molecule has 0 atom stereocenters. The van der Waals surface area contributed by atoms with E-state index < -0.39 is 0 Å². The molecular weight excluding hydrogens is 360 g/mol. The fraction of sp³-hybridized carbons (Fsp3) is 0.273. The molecule has 0 spiro atoms. The van der Waals surface area contributed by atoms with Crippen LogP contribution in [0.4, 0.5) is 0 Å². The van der Waals surface area contributed by atoms with Crippen LogP contribution in [0.15, 0.2) is 42.5 Å². The predicted octanol–water partition coefficient (Wildman–Crippen LogP) is 6.82. The van der Waals surface area contributed by atoms with Crippen molar-refractivity contribution in [1.82, 2.24) is 9.97 Å². The number of benzene rings is 2. The third-order valence-corrected chi connectivity index (χ3v) is 6.76. The zero-order valence-corrected chi connectivity index (χ0v) is 16.0. The van der Waals surface area contributed by atoms with Gasteiger partial charge in [-0.15, -0.1) is 11.3 Å². The van der Waals surface area contributed by atoms with Gasteiger partial charge in [0.25, 0.3) is 0 Å². The molecule has 0 aliphatic heterocycles. The van der Waals surface area contributed by atoms with Gasteiger partial charge in [0.05, 0.1) is 5.39 Å². The highest BCUT2D eigenvalue weighted by atomic mass is 35.5. The SMILES string of the molecule is Clc1nc(-c2cccc3ccccc23)nc2sc3c(c12)CCCCCC3. The van der Waals surface area contributed by atoms with Crippen molar-refractivity contribution in [1.29, 1.82) is 0 Å². The Kier molecular flexibility index (Phi) is 4.14. The summed E-state index contributed by atoms with van der Waals surface area (Å²) in [7, 11) is 0. The van der Waals surface area contributed by atoms with Crippen LogP contribution in [0.25, 0.3) is 32.4 Å². The smallest absolute Gasteiger partial charge is 0.163 e. The monoisotopic (exact) mass is 378 g/mol. The van der Waals surface area contributed by atoms with E-state index in [0.717, 1.165) is 34.4 Å². The summed E-state index contributed by atoms with van der Waals surface area (Å²) >= 11 is 8.51. The van der Waals surface area contributed by atoms with E-state index in [1.54, 1.807) is 0 Å². The molecule has 0 N–H and O–H groups in total. The molecule has 1 aliphatic carbocycles. The van der Waals surface area contributed by atoms with E-state index in [4.69, 9.17) is 21.6 Å². The summed E-state index contributed by atoms with van der Waals surface area (Å²) in [5.41, 5.74) is 2.45. The van der Waals surface area contributed by atoms with E-state index in [1.165, 1.54) is 46.9 Å². The Morgan fingerprint density at radius 3 is 2.58 bits per heavy atom. The number of halogens is 1. The minimum absolute atomic E-state index is 0.607. The van der Waals surface area contributed by atoms with Gasteiger partial charge in [0.1, 0.15) is 9.98 Å². The first kappa shape index (κ1) is 16.2. The Balaban J connectivity index is 1.72. The highest BCUT2D eigenvalue weighted by Crippen LogP contribution is 2.39. The molecule has 0 saturated carbocycles. The molecule has 130 valence electrons. The summed E-state index contributed by atoms with van der Waals surface area (Å²) in [6.07, 6.45) is 7.39. The summed E-state index contributed by atoms with van der Waals surface area (Å²) in [5, 5.41) is 4.07. The van der Waals surface area contributed by atoms with Crippen LogP contribution in [0.5, 0.6) is 0 Å². The van der Waals surface area contributed by atoms with E-state index in [-0.39, 0.29) is 0 Å². The lowest BCUT2D eigenvalue weighted by molar-refractivity contribution is 0.624. The molecular formula is C22H19ClN2S. The quantitative estimate of drug-likeness (QED) is 0.339. The lowest BCUT2D eigenvalue weighted by atomic mass is 9.98. The Bertz CT molecular complexity index is 1110. The van der Waals surface area contributed by atoms with Crippen LogP contribution in [0.3, 0.4) is 0 Å². The highest BCUT2D eigenvalue weighted by Gasteiger charge is 2.20. The summed E-state index contributed by atoms with van der Waals surface area (Å²) in [4.78, 5) is 12.2. The third kappa shape index (κ3) is 2.70. The molecule has 1 aliphatic rings. The average Bonchev–Trinajstić information content (AvgIpc) is 2.98. The van der Waals surface area contributed by atoms with Crippen LogP contribution in [0, 0.1) is 0 Å². The lowest BCUT2D eigenvalue weighted by Crippen LogP contribution is -1.97. The van der Waals surface area contributed by atoms with E-state index in [2.05, 4.69) is 42.5 Å². The van der Waals surface area contributed by atoms with Gasteiger partial charge in [-0.2, -0.15) is 0 Å². The van der Waals surface area contributed by atoms with Crippen molar-refractivity contribution in [3.63, 3.8) is 0 Å². The van der Waals surface area contributed by atoms with Crippen LogP contribution in [0.2, 0.25) is 5.15 Å². The van der Waals surface area contributed by atoms with Gasteiger partial charge in [0, 0.05) is 10.4 Å². The lowest BCUT2D eigenvalue weighted by Gasteiger charge is -2.10. The summed E-state index contributed by atoms with van der Waals surface area (Å²) in [6.45, 7) is 0. The molecule has 0 radical (unpaired) electrons. The van der Waals surface area contributed by atoms with Crippen molar-refractivity contribution < 1.29 is 0 Å². The minimum atomic E-state index is 0.607. The molecule has 0 saturated heterocycles. The Hall–Kier alpha value is -1.97. The van der Waals surface area contributed by atoms with Crippen molar-refractivity contribution in [2.24, 2.45) is 0 Å². The first-order chi connectivity index (χ1) is 12.8. The molecule has 26 heavy (non-hydrogen) atoms. The number of rotatable bonds is 1. The van der Waals surface area contributed by atoms with Gasteiger partial charge in [-0.3, -0.25) is 0 Å². The van der Waals surface area contributed by atoms with E-state index in [9.17, 15) is 0 Å². The number of aryl methyl sites for hydroxylation is 2. The van der Waals surface area contributed by atoms with Gasteiger partial charge < -0.3 is 0 Å². The zero-order chi connectivity index (χ0) is 17.5. The van der Waals surface area contributed by atoms with Gasteiger partial charge in [-0.05, 0) is 42.0 Å². The van der Waals surface area contributed by atoms with Crippen LogP contribution in [-0.2, 0) is 12.8 Å². The van der Waals surface area contributed by atoms with Crippen LogP contribution in [-0.4, -0.2) is 9.97 Å². The Morgan fingerprint density at radius 2 is 1.65 bits per heavy atom. The molecule has 4 aromatic rings. The van der Waals surface area contributed by atoms with Gasteiger partial charge in [-0.25, -0.2) is 9.97 Å². The maximum atomic E-state index is 6.69. The zero-order valence-electron chi connectivity index (χ0n) is 14.5. The third-order valence-electron chi connectivity index (χ3n) is 5.30. The van der Waals surface area contributed by atoms with Crippen molar-refractivity contribution in [2.45, 2.75) is 38.5 Å². The van der Waals surface area contributed by atoms with Crippen molar-refractivity contribution >= 4 is 43.9 Å². The largest absolute Gasteiger partial charge is 0.217 e. The maximum Gasteiger partial charge on any atom is 0.163 e. The molecule has 0 unspecified atom stereocenters. The molecule has 0 amide bonds. The van der Waals surface area contributed by atoms with E-state index >= 15 is 0 Å². The Morgan fingerprint density at radius 1 is 0.846 bits per heavy atom. The van der Waals surface area contributed by atoms with Gasteiger partial charge in [-0.1, -0.05) is 66.9 Å². The Labute approximate surface area is 161 Å². The number of hydrogen-bond acceptors (Lipinski definition) is 3. The number of thiophene rings is 1. The molecule has 2 aromatic carbocycles. The second-order valence-electron chi connectivity index (χ2n) is 6.96. The van der Waals surface area contributed by atoms with Gasteiger partial charge in [0.2, 0.25) is 0 Å². The number of hydrogen-bond donors (Lipinski definition) is 0. The van der Waals surface area contributed by atoms with E-state index in [1.807, 2.05) is 11.3 Å². The van der Waals surface area contributed by atoms with Crippen molar-refractivity contribution in [2.75, 3.05) is 0 Å². The molecule has 2 heterocycles. The normalized spacial score (nSPS) is 15.0. The molecule has 2 nitrogen and oxygen atoms in total. The second-order valence-corrected chi connectivity index (χ2v) is 8.40. The predicted molar refractivity (Wildman–Crippen MR) is 111 cm³/mol. The molecule has 5 rings (SSSR count). The first-order valence-electron chi connectivity index (χ1n) is 9.27. The summed E-state index contributed by atoms with van der Waals surface area (Å²) < 4.78 is 0. The minimum Gasteiger partial charge on any atom is -0.217 e. The molecule has 0 fully saturated rings. The fourth-order valence-electron chi connectivity index (χ4n) is 4.01. The molecule has 4 heteroatoms. The number of nitrogens with zero attached hydrogens (tertiary/aromatic N) is 2. The summed E-state index contributed by atoms with van der Waals surface area (Å²) in [6, 6.07) is 14.6. The van der Waals surface area contributed by atoms with Crippen LogP contribution < -0.4 is 0 Å². The standard InChI is InChI=1S/C22H19ClN2S/c23-20-19-17-11-3-1-2-4-13-18(17)26-22(19)25-21(24-20)16-12-7-9-14-8-5-6-10-15(14)16/h5-10,12H,1-4,11,13H2. The molecule has 2 aromatic heterocycles. The number of aromatic nitrogens is 2. The van der Waals surface area contributed by atoms with Crippen molar-refractivity contribution in [3.05, 3.63) is 58.1 Å². The number of fused-ring (bicyclic) bond motifs is 4.